The molecule has 0 aliphatic heterocycles. The van der Waals surface area contributed by atoms with Crippen molar-refractivity contribution in [2.24, 2.45) is 0 Å². The van der Waals surface area contributed by atoms with Crippen molar-refractivity contribution in [3.05, 3.63) is 71.6 Å². The van der Waals surface area contributed by atoms with Crippen molar-refractivity contribution in [1.82, 2.24) is 15.3 Å². The first-order chi connectivity index (χ1) is 16.2. The molecule has 0 radical (unpaired) electrons. The Balaban J connectivity index is 1.74. The smallest absolute Gasteiger partial charge is 0.280 e. The summed E-state index contributed by atoms with van der Waals surface area (Å²) >= 11 is 1.40. The maximum absolute atomic E-state index is 13.7. The molecule has 8 heteroatoms. The summed E-state index contributed by atoms with van der Waals surface area (Å²) in [7, 11) is 0. The molecule has 33 heavy (non-hydrogen) atoms. The number of anilines is 1. The lowest BCUT2D eigenvalue weighted by Gasteiger charge is -2.32. The number of carbonyl (C=O) groups excluding carboxylic acids is 2. The highest BCUT2D eigenvalue weighted by molar-refractivity contribution is 7.14. The van der Waals surface area contributed by atoms with Crippen LogP contribution in [0.1, 0.15) is 61.1 Å². The molecular weight excluding hydrogens is 436 g/mol. The van der Waals surface area contributed by atoms with Gasteiger partial charge in [0.2, 0.25) is 5.91 Å². The van der Waals surface area contributed by atoms with Crippen molar-refractivity contribution in [3.63, 3.8) is 0 Å². The van der Waals surface area contributed by atoms with Crippen LogP contribution in [0.4, 0.5) is 5.00 Å². The molecule has 1 aromatic carbocycles. The molecule has 172 valence electrons. The van der Waals surface area contributed by atoms with Crippen LogP contribution < -0.4 is 15.0 Å². The van der Waals surface area contributed by atoms with Gasteiger partial charge in [0.1, 0.15) is 17.5 Å². The third-order valence-corrected chi connectivity index (χ3v) is 6.58. The van der Waals surface area contributed by atoms with Crippen molar-refractivity contribution < 1.29 is 14.3 Å². The molecule has 0 saturated heterocycles. The van der Waals surface area contributed by atoms with Crippen molar-refractivity contribution in [2.75, 3.05) is 11.5 Å². The summed E-state index contributed by atoms with van der Waals surface area (Å²) in [5.41, 5.74) is 0.893. The van der Waals surface area contributed by atoms with Gasteiger partial charge in [-0.05, 0) is 55.0 Å². The third-order valence-electron chi connectivity index (χ3n) is 5.71. The van der Waals surface area contributed by atoms with Crippen LogP contribution in [0.15, 0.2) is 60.4 Å². The van der Waals surface area contributed by atoms with Gasteiger partial charge in [-0.1, -0.05) is 31.4 Å². The standard InChI is InChI=1S/C25H28N4O3S/c1-2-32-20-12-10-18(11-13-20)23(24(30)28-19-7-4-3-5-8-19)29(22-9-6-16-33-22)25(31)21-17-26-14-15-27-21/h6,9-17,19,23H,2-5,7-8H2,1H3,(H,28,30)/t23-/m1/s1. The maximum Gasteiger partial charge on any atom is 0.280 e. The number of carbonyl (C=O) groups is 2. The van der Waals surface area contributed by atoms with Crippen LogP contribution in [-0.4, -0.2) is 34.4 Å². The van der Waals surface area contributed by atoms with Gasteiger partial charge in [0.05, 0.1) is 17.8 Å². The Labute approximate surface area is 197 Å². The van der Waals surface area contributed by atoms with Gasteiger partial charge in [-0.25, -0.2) is 4.98 Å². The Morgan fingerprint density at radius 3 is 2.58 bits per heavy atom. The monoisotopic (exact) mass is 464 g/mol. The Kier molecular flexibility index (Phi) is 7.67. The van der Waals surface area contributed by atoms with Crippen molar-refractivity contribution in [3.8, 4) is 5.75 Å². The fourth-order valence-corrected chi connectivity index (χ4v) is 4.90. The Morgan fingerprint density at radius 2 is 1.94 bits per heavy atom. The van der Waals surface area contributed by atoms with Gasteiger partial charge in [0.15, 0.2) is 0 Å². The molecule has 0 unspecified atom stereocenters. The molecule has 1 atom stereocenters. The van der Waals surface area contributed by atoms with Crippen LogP contribution in [0, 0.1) is 0 Å². The van der Waals surface area contributed by atoms with E-state index in [1.54, 1.807) is 0 Å². The van der Waals surface area contributed by atoms with E-state index < -0.39 is 6.04 Å². The topological polar surface area (TPSA) is 84.4 Å². The van der Waals surface area contributed by atoms with E-state index in [2.05, 4.69) is 15.3 Å². The van der Waals surface area contributed by atoms with E-state index >= 15 is 0 Å². The summed E-state index contributed by atoms with van der Waals surface area (Å²) in [5.74, 6) is 0.149. The largest absolute Gasteiger partial charge is 0.494 e. The molecule has 1 aliphatic carbocycles. The van der Waals surface area contributed by atoms with Gasteiger partial charge in [-0.15, -0.1) is 11.3 Å². The molecule has 2 aromatic heterocycles. The highest BCUT2D eigenvalue weighted by atomic mass is 32.1. The highest BCUT2D eigenvalue weighted by Crippen LogP contribution is 2.34. The second kappa shape index (κ2) is 11.0. The van der Waals surface area contributed by atoms with Crippen LogP contribution >= 0.6 is 11.3 Å². The predicted octanol–water partition coefficient (Wildman–Crippen LogP) is 4.77. The average molecular weight is 465 g/mol. The maximum atomic E-state index is 13.7. The normalized spacial score (nSPS) is 14.9. The summed E-state index contributed by atoms with van der Waals surface area (Å²) in [6.07, 6.45) is 9.74. The number of benzene rings is 1. The minimum Gasteiger partial charge on any atom is -0.494 e. The molecule has 1 aliphatic rings. The molecule has 7 nitrogen and oxygen atoms in total. The van der Waals surface area contributed by atoms with Gasteiger partial charge in [-0.3, -0.25) is 19.5 Å². The second-order valence-electron chi connectivity index (χ2n) is 7.97. The Bertz CT molecular complexity index is 1040. The molecule has 1 saturated carbocycles. The van der Waals surface area contributed by atoms with Gasteiger partial charge in [0, 0.05) is 18.4 Å². The first kappa shape index (κ1) is 22.9. The predicted molar refractivity (Wildman–Crippen MR) is 129 cm³/mol. The molecule has 2 amide bonds. The van der Waals surface area contributed by atoms with E-state index in [1.807, 2.05) is 48.7 Å². The lowest BCUT2D eigenvalue weighted by molar-refractivity contribution is -0.123. The quantitative estimate of drug-likeness (QED) is 0.519. The lowest BCUT2D eigenvalue weighted by atomic mass is 9.94. The zero-order valence-electron chi connectivity index (χ0n) is 18.6. The Hall–Kier alpha value is -3.26. The zero-order valence-corrected chi connectivity index (χ0v) is 19.5. The van der Waals surface area contributed by atoms with E-state index in [0.717, 1.165) is 31.4 Å². The van der Waals surface area contributed by atoms with E-state index in [1.165, 1.54) is 41.2 Å². The van der Waals surface area contributed by atoms with Crippen molar-refractivity contribution >= 4 is 28.2 Å². The van der Waals surface area contributed by atoms with E-state index in [9.17, 15) is 9.59 Å². The third kappa shape index (κ3) is 5.57. The van der Waals surface area contributed by atoms with Crippen molar-refractivity contribution in [1.29, 1.82) is 0 Å². The summed E-state index contributed by atoms with van der Waals surface area (Å²) in [5, 5.41) is 5.77. The van der Waals surface area contributed by atoms with E-state index in [0.29, 0.717) is 17.2 Å². The molecular formula is C25H28N4O3S. The Morgan fingerprint density at radius 1 is 1.15 bits per heavy atom. The van der Waals surface area contributed by atoms with Gasteiger partial charge >= 0.3 is 0 Å². The molecule has 1 N–H and O–H groups in total. The number of rotatable bonds is 8. The number of hydrogen-bond donors (Lipinski definition) is 1. The van der Waals surface area contributed by atoms with Crippen molar-refractivity contribution in [2.45, 2.75) is 51.1 Å². The summed E-state index contributed by atoms with van der Waals surface area (Å²) in [4.78, 5) is 37.2. The number of nitrogens with one attached hydrogen (secondary N) is 1. The van der Waals surface area contributed by atoms with E-state index in [-0.39, 0.29) is 23.6 Å². The number of amides is 2. The number of hydrogen-bond acceptors (Lipinski definition) is 6. The molecule has 0 spiro atoms. The highest BCUT2D eigenvalue weighted by Gasteiger charge is 2.35. The fraction of sp³-hybridized carbons (Fsp3) is 0.360. The van der Waals surface area contributed by atoms with Gasteiger partial charge < -0.3 is 10.1 Å². The number of thiophene rings is 1. The van der Waals surface area contributed by atoms with Crippen LogP contribution in [0.5, 0.6) is 5.75 Å². The van der Waals surface area contributed by atoms with Crippen LogP contribution in [0.3, 0.4) is 0 Å². The molecule has 0 bridgehead atoms. The number of nitrogens with zero attached hydrogens (tertiary/aromatic N) is 3. The molecule has 3 aromatic rings. The molecule has 4 rings (SSSR count). The summed E-state index contributed by atoms with van der Waals surface area (Å²) < 4.78 is 5.57. The summed E-state index contributed by atoms with van der Waals surface area (Å²) in [6, 6.07) is 10.3. The SMILES string of the molecule is CCOc1ccc([C@H](C(=O)NC2CCCCC2)N(C(=O)c2cnccn2)c2cccs2)cc1. The minimum atomic E-state index is -0.851. The lowest BCUT2D eigenvalue weighted by Crippen LogP contribution is -2.47. The second-order valence-corrected chi connectivity index (χ2v) is 8.89. The number of aromatic nitrogens is 2. The first-order valence-corrected chi connectivity index (χ1v) is 12.2. The van der Waals surface area contributed by atoms with Gasteiger partial charge in [0.25, 0.3) is 5.91 Å². The number of ether oxygens (including phenoxy) is 1. The van der Waals surface area contributed by atoms with Gasteiger partial charge in [-0.2, -0.15) is 0 Å². The van der Waals surface area contributed by atoms with Crippen LogP contribution in [0.2, 0.25) is 0 Å². The van der Waals surface area contributed by atoms with Crippen LogP contribution in [-0.2, 0) is 4.79 Å². The zero-order chi connectivity index (χ0) is 23.0. The molecule has 2 heterocycles. The average Bonchev–Trinajstić information content (AvgIpc) is 3.38. The minimum absolute atomic E-state index is 0.119. The van der Waals surface area contributed by atoms with Crippen LogP contribution in [0.25, 0.3) is 0 Å². The molecule has 1 fully saturated rings. The van der Waals surface area contributed by atoms with E-state index in [4.69, 9.17) is 4.74 Å². The fourth-order valence-electron chi connectivity index (χ4n) is 4.14. The summed E-state index contributed by atoms with van der Waals surface area (Å²) in [6.45, 7) is 2.48. The first-order valence-electron chi connectivity index (χ1n) is 11.3.